The Labute approximate surface area is 162 Å². The predicted molar refractivity (Wildman–Crippen MR) is 105 cm³/mol. The SMILES string of the molecule is CS(=O)(=O)c1ccc2nc(NC(=O)CSc3ccc([N+](=O)[O-])cc3)sc2c1. The second-order valence-electron chi connectivity index (χ2n) is 5.51. The third-order valence-electron chi connectivity index (χ3n) is 3.45. The molecule has 27 heavy (non-hydrogen) atoms. The largest absolute Gasteiger partial charge is 0.301 e. The standard InChI is InChI=1S/C16H13N3O5S3/c1-27(23,24)12-6-7-13-14(8-12)26-16(17-13)18-15(20)9-25-11-4-2-10(3-5-11)19(21)22/h2-8H,9H2,1H3,(H,17,18,20). The van der Waals surface area contributed by atoms with Gasteiger partial charge in [0.25, 0.3) is 5.69 Å². The lowest BCUT2D eigenvalue weighted by Crippen LogP contribution is -2.13. The molecule has 0 fully saturated rings. The molecule has 0 aliphatic carbocycles. The summed E-state index contributed by atoms with van der Waals surface area (Å²) in [5.74, 6) is -0.164. The Morgan fingerprint density at radius 3 is 2.59 bits per heavy atom. The normalized spacial score (nSPS) is 11.4. The summed E-state index contributed by atoms with van der Waals surface area (Å²) < 4.78 is 23.9. The van der Waals surface area contributed by atoms with Crippen molar-refractivity contribution in [2.45, 2.75) is 9.79 Å². The van der Waals surface area contributed by atoms with Crippen LogP contribution in [0.15, 0.2) is 52.3 Å². The van der Waals surface area contributed by atoms with Crippen molar-refractivity contribution in [2.75, 3.05) is 17.3 Å². The summed E-state index contributed by atoms with van der Waals surface area (Å²) in [7, 11) is -3.31. The average Bonchev–Trinajstić information content (AvgIpc) is 3.00. The number of aromatic nitrogens is 1. The van der Waals surface area contributed by atoms with Crippen molar-refractivity contribution in [1.82, 2.24) is 4.98 Å². The highest BCUT2D eigenvalue weighted by Crippen LogP contribution is 2.28. The summed E-state index contributed by atoms with van der Waals surface area (Å²) in [6, 6.07) is 10.5. The van der Waals surface area contributed by atoms with E-state index < -0.39 is 14.8 Å². The number of carbonyl (C=O) groups excluding carboxylic acids is 1. The molecule has 0 radical (unpaired) electrons. The lowest BCUT2D eigenvalue weighted by atomic mass is 10.3. The van der Waals surface area contributed by atoms with Crippen LogP contribution in [0.4, 0.5) is 10.8 Å². The smallest absolute Gasteiger partial charge is 0.269 e. The number of non-ortho nitro benzene ring substituents is 1. The summed E-state index contributed by atoms with van der Waals surface area (Å²) in [4.78, 5) is 27.4. The lowest BCUT2D eigenvalue weighted by molar-refractivity contribution is -0.384. The molecule has 11 heteroatoms. The van der Waals surface area contributed by atoms with Gasteiger partial charge in [0, 0.05) is 23.3 Å². The number of thiazole rings is 1. The Kier molecular flexibility index (Phi) is 5.44. The molecule has 8 nitrogen and oxygen atoms in total. The number of rotatable bonds is 6. The average molecular weight is 423 g/mol. The van der Waals surface area contributed by atoms with Gasteiger partial charge < -0.3 is 5.32 Å². The number of benzene rings is 2. The van der Waals surface area contributed by atoms with Crippen LogP contribution in [0, 0.1) is 10.1 Å². The van der Waals surface area contributed by atoms with Crippen LogP contribution in [0.2, 0.25) is 0 Å². The molecule has 0 unspecified atom stereocenters. The van der Waals surface area contributed by atoms with Gasteiger partial charge in [-0.05, 0) is 30.3 Å². The van der Waals surface area contributed by atoms with Crippen LogP contribution in [0.1, 0.15) is 0 Å². The number of nitro groups is 1. The highest BCUT2D eigenvalue weighted by molar-refractivity contribution is 8.00. The van der Waals surface area contributed by atoms with E-state index in [0.717, 1.165) is 11.2 Å². The van der Waals surface area contributed by atoms with E-state index in [4.69, 9.17) is 0 Å². The highest BCUT2D eigenvalue weighted by atomic mass is 32.2. The van der Waals surface area contributed by atoms with Crippen LogP contribution in [0.5, 0.6) is 0 Å². The number of carbonyl (C=O) groups is 1. The van der Waals surface area contributed by atoms with Gasteiger partial charge in [-0.1, -0.05) is 11.3 Å². The molecule has 0 atom stereocenters. The fourth-order valence-electron chi connectivity index (χ4n) is 2.16. The Balaban J connectivity index is 1.64. The van der Waals surface area contributed by atoms with E-state index in [2.05, 4.69) is 10.3 Å². The van der Waals surface area contributed by atoms with E-state index in [0.29, 0.717) is 15.3 Å². The van der Waals surface area contributed by atoms with Crippen LogP contribution < -0.4 is 5.32 Å². The Bertz CT molecular complexity index is 1120. The number of anilines is 1. The molecule has 1 aromatic heterocycles. The maximum atomic E-state index is 12.1. The zero-order chi connectivity index (χ0) is 19.6. The molecule has 140 valence electrons. The van der Waals surface area contributed by atoms with Gasteiger partial charge in [0.2, 0.25) is 5.91 Å². The van der Waals surface area contributed by atoms with Crippen molar-refractivity contribution in [3.63, 3.8) is 0 Å². The molecule has 0 saturated heterocycles. The molecule has 0 aliphatic heterocycles. The van der Waals surface area contributed by atoms with Gasteiger partial charge in [0.1, 0.15) is 0 Å². The van der Waals surface area contributed by atoms with Gasteiger partial charge in [0.15, 0.2) is 15.0 Å². The first-order chi connectivity index (χ1) is 12.7. The van der Waals surface area contributed by atoms with Crippen molar-refractivity contribution >= 4 is 59.9 Å². The van der Waals surface area contributed by atoms with E-state index in [9.17, 15) is 23.3 Å². The summed E-state index contributed by atoms with van der Waals surface area (Å²) in [6.07, 6.45) is 1.13. The van der Waals surface area contributed by atoms with Crippen LogP contribution in [-0.2, 0) is 14.6 Å². The van der Waals surface area contributed by atoms with Gasteiger partial charge in [-0.15, -0.1) is 11.8 Å². The van der Waals surface area contributed by atoms with E-state index >= 15 is 0 Å². The first kappa shape index (κ1) is 19.3. The number of nitrogens with one attached hydrogen (secondary N) is 1. The molecule has 1 heterocycles. The minimum absolute atomic E-state index is 0.00765. The van der Waals surface area contributed by atoms with Crippen LogP contribution in [0.25, 0.3) is 10.2 Å². The highest BCUT2D eigenvalue weighted by Gasteiger charge is 2.12. The first-order valence-electron chi connectivity index (χ1n) is 7.50. The van der Waals surface area contributed by atoms with Crippen LogP contribution in [-0.4, -0.2) is 36.2 Å². The molecule has 0 aliphatic rings. The third-order valence-corrected chi connectivity index (χ3v) is 6.51. The maximum Gasteiger partial charge on any atom is 0.269 e. The maximum absolute atomic E-state index is 12.1. The minimum Gasteiger partial charge on any atom is -0.301 e. The number of nitrogens with zero attached hydrogens (tertiary/aromatic N) is 2. The summed E-state index contributed by atoms with van der Waals surface area (Å²) in [6.45, 7) is 0. The number of thioether (sulfide) groups is 1. The van der Waals surface area contributed by atoms with Crippen LogP contribution >= 0.6 is 23.1 Å². The number of sulfone groups is 1. The first-order valence-corrected chi connectivity index (χ1v) is 11.2. The van der Waals surface area contributed by atoms with E-state index in [1.54, 1.807) is 18.2 Å². The Morgan fingerprint density at radius 2 is 1.96 bits per heavy atom. The lowest BCUT2D eigenvalue weighted by Gasteiger charge is -2.02. The minimum atomic E-state index is -3.31. The van der Waals surface area contributed by atoms with Crippen LogP contribution in [0.3, 0.4) is 0 Å². The molecule has 2 aromatic carbocycles. The zero-order valence-electron chi connectivity index (χ0n) is 13.9. The molecular formula is C16H13N3O5S3. The molecule has 0 spiro atoms. The summed E-state index contributed by atoms with van der Waals surface area (Å²) in [5, 5.41) is 13.7. The van der Waals surface area contributed by atoms with Crippen molar-refractivity contribution in [3.8, 4) is 0 Å². The Morgan fingerprint density at radius 1 is 1.26 bits per heavy atom. The van der Waals surface area contributed by atoms with Gasteiger partial charge >= 0.3 is 0 Å². The summed E-state index contributed by atoms with van der Waals surface area (Å²) in [5.41, 5.74) is 0.595. The number of hydrogen-bond acceptors (Lipinski definition) is 8. The third kappa shape index (κ3) is 4.81. The Hall–Kier alpha value is -2.50. The van der Waals surface area contributed by atoms with Gasteiger partial charge in [-0.25, -0.2) is 13.4 Å². The number of fused-ring (bicyclic) bond motifs is 1. The van der Waals surface area contributed by atoms with Crippen molar-refractivity contribution in [1.29, 1.82) is 0 Å². The zero-order valence-corrected chi connectivity index (χ0v) is 16.4. The van der Waals surface area contributed by atoms with Gasteiger partial charge in [-0.2, -0.15) is 0 Å². The molecule has 0 bridgehead atoms. The molecule has 3 aromatic rings. The molecule has 1 N–H and O–H groups in total. The topological polar surface area (TPSA) is 119 Å². The quantitative estimate of drug-likeness (QED) is 0.367. The number of hydrogen-bond donors (Lipinski definition) is 1. The fourth-order valence-corrected chi connectivity index (χ4v) is 4.50. The molecular weight excluding hydrogens is 410 g/mol. The van der Waals surface area contributed by atoms with E-state index in [1.165, 1.54) is 47.4 Å². The fraction of sp³-hybridized carbons (Fsp3) is 0.125. The number of amides is 1. The molecule has 1 amide bonds. The molecule has 3 rings (SSSR count). The van der Waals surface area contributed by atoms with Crippen molar-refractivity contribution in [3.05, 3.63) is 52.6 Å². The monoisotopic (exact) mass is 423 g/mol. The van der Waals surface area contributed by atoms with Gasteiger partial charge in [-0.3, -0.25) is 14.9 Å². The second kappa shape index (κ2) is 7.62. The second-order valence-corrected chi connectivity index (χ2v) is 9.60. The summed E-state index contributed by atoms with van der Waals surface area (Å²) >= 11 is 2.43. The van der Waals surface area contributed by atoms with Crippen molar-refractivity contribution < 1.29 is 18.1 Å². The van der Waals surface area contributed by atoms with E-state index in [1.807, 2.05) is 0 Å². The van der Waals surface area contributed by atoms with Gasteiger partial charge in [0.05, 0.1) is 25.8 Å². The molecule has 0 saturated carbocycles. The van der Waals surface area contributed by atoms with Crippen molar-refractivity contribution in [2.24, 2.45) is 0 Å². The van der Waals surface area contributed by atoms with E-state index in [-0.39, 0.29) is 22.2 Å². The number of nitro benzene ring substituents is 1. The predicted octanol–water partition coefficient (Wildman–Crippen LogP) is 3.34.